The van der Waals surface area contributed by atoms with Gasteiger partial charge >= 0.3 is 5.97 Å². The van der Waals surface area contributed by atoms with Gasteiger partial charge < -0.3 is 19.7 Å². The summed E-state index contributed by atoms with van der Waals surface area (Å²) >= 11 is 4.95. The Morgan fingerprint density at radius 3 is 2.56 bits per heavy atom. The molecule has 1 fully saturated rings. The van der Waals surface area contributed by atoms with Gasteiger partial charge in [-0.15, -0.1) is 11.3 Å². The third kappa shape index (κ3) is 6.23. The molecule has 0 aliphatic heterocycles. The molecular weight excluding hydrogens is 492 g/mol. The van der Waals surface area contributed by atoms with Gasteiger partial charge in [-0.1, -0.05) is 26.3 Å². The number of hydrogen-bond acceptors (Lipinski definition) is 6. The van der Waals surface area contributed by atoms with E-state index in [1.807, 2.05) is 12.1 Å². The Kier molecular flexibility index (Phi) is 9.37. The Hall–Kier alpha value is -1.64. The number of carbonyl (C=O) groups excluding carboxylic acids is 2. The Morgan fingerprint density at radius 1 is 1.19 bits per heavy atom. The van der Waals surface area contributed by atoms with Crippen molar-refractivity contribution in [1.82, 2.24) is 4.90 Å². The van der Waals surface area contributed by atoms with E-state index in [4.69, 9.17) is 9.47 Å². The molecule has 3 rings (SSSR count). The van der Waals surface area contributed by atoms with Crippen LogP contribution in [0, 0.1) is 0 Å². The van der Waals surface area contributed by atoms with E-state index in [1.54, 1.807) is 0 Å². The smallest absolute Gasteiger partial charge is 0.342 e. The lowest BCUT2D eigenvalue weighted by molar-refractivity contribution is -0.114. The van der Waals surface area contributed by atoms with Crippen molar-refractivity contribution in [3.05, 3.63) is 22.2 Å². The van der Waals surface area contributed by atoms with Crippen molar-refractivity contribution in [2.45, 2.75) is 65.4 Å². The number of esters is 1. The molecule has 1 aromatic heterocycles. The first-order valence-corrected chi connectivity index (χ1v) is 13.1. The number of carbonyl (C=O) groups is 2. The summed E-state index contributed by atoms with van der Waals surface area (Å²) in [4.78, 5) is 27.4. The van der Waals surface area contributed by atoms with Gasteiger partial charge in [0.15, 0.2) is 5.75 Å². The molecule has 0 unspecified atom stereocenters. The lowest BCUT2D eigenvalue weighted by atomic mass is 9.98. The number of nitrogens with one attached hydrogen (secondary N) is 1. The van der Waals surface area contributed by atoms with E-state index >= 15 is 0 Å². The van der Waals surface area contributed by atoms with Gasteiger partial charge in [-0.05, 0) is 67.2 Å². The predicted octanol–water partition coefficient (Wildman–Crippen LogP) is 6.22. The van der Waals surface area contributed by atoms with Gasteiger partial charge in [-0.25, -0.2) is 4.79 Å². The van der Waals surface area contributed by atoms with Gasteiger partial charge in [0.05, 0.1) is 15.8 Å². The van der Waals surface area contributed by atoms with Gasteiger partial charge in [0.25, 0.3) is 0 Å². The second kappa shape index (κ2) is 12.0. The molecule has 0 radical (unpaired) electrons. The lowest BCUT2D eigenvalue weighted by Gasteiger charge is -2.22. The fourth-order valence-electron chi connectivity index (χ4n) is 4.09. The third-order valence-electron chi connectivity index (χ3n) is 5.84. The van der Waals surface area contributed by atoms with Gasteiger partial charge in [0.1, 0.15) is 16.7 Å². The number of hydrogen-bond donors (Lipinski definition) is 1. The van der Waals surface area contributed by atoms with Crippen LogP contribution in [0.15, 0.2) is 16.6 Å². The zero-order chi connectivity index (χ0) is 23.1. The summed E-state index contributed by atoms with van der Waals surface area (Å²) in [5.74, 6) is 0.112. The number of rotatable bonds is 10. The van der Waals surface area contributed by atoms with Crippen LogP contribution in [0.25, 0.3) is 10.1 Å². The molecule has 8 heteroatoms. The maximum absolute atomic E-state index is 13.2. The van der Waals surface area contributed by atoms with Crippen molar-refractivity contribution >= 4 is 54.2 Å². The number of amides is 1. The van der Waals surface area contributed by atoms with Crippen molar-refractivity contribution in [3.63, 3.8) is 0 Å². The highest BCUT2D eigenvalue weighted by Gasteiger charge is 2.27. The number of benzene rings is 1. The standard InChI is InChI=1S/C24H33BrN2O4S/c1-4-27(5-2)14-9-15-30-21-19(25)13-12-18-20(23(26-16(3)28)32-22(18)21)24(29)31-17-10-7-6-8-11-17/h12-13,17H,4-11,14-15H2,1-3H3,(H,26,28). The topological polar surface area (TPSA) is 67.9 Å². The maximum Gasteiger partial charge on any atom is 0.342 e. The lowest BCUT2D eigenvalue weighted by Crippen LogP contribution is -2.25. The zero-order valence-corrected chi connectivity index (χ0v) is 21.6. The molecule has 0 saturated heterocycles. The normalized spacial score (nSPS) is 14.7. The first kappa shape index (κ1) is 25.0. The van der Waals surface area contributed by atoms with E-state index in [1.165, 1.54) is 24.7 Å². The van der Waals surface area contributed by atoms with E-state index in [-0.39, 0.29) is 18.0 Å². The average molecular weight is 526 g/mol. The van der Waals surface area contributed by atoms with Crippen LogP contribution in [0.2, 0.25) is 0 Å². The highest BCUT2D eigenvalue weighted by Crippen LogP contribution is 2.45. The molecule has 0 atom stereocenters. The van der Waals surface area contributed by atoms with Gasteiger partial charge in [0.2, 0.25) is 5.91 Å². The molecule has 0 spiro atoms. The van der Waals surface area contributed by atoms with E-state index in [0.29, 0.717) is 22.9 Å². The largest absolute Gasteiger partial charge is 0.491 e. The molecular formula is C24H33BrN2O4S. The molecule has 1 aliphatic carbocycles. The Bertz CT molecular complexity index is 936. The molecule has 1 amide bonds. The quantitative estimate of drug-likeness (QED) is 0.295. The molecule has 0 bridgehead atoms. The molecule has 2 aromatic rings. The monoisotopic (exact) mass is 524 g/mol. The van der Waals surface area contributed by atoms with Gasteiger partial charge in [0, 0.05) is 18.9 Å². The summed E-state index contributed by atoms with van der Waals surface area (Å²) < 4.78 is 13.7. The predicted molar refractivity (Wildman–Crippen MR) is 134 cm³/mol. The highest BCUT2D eigenvalue weighted by atomic mass is 79.9. The van der Waals surface area contributed by atoms with Crippen LogP contribution >= 0.6 is 27.3 Å². The van der Waals surface area contributed by atoms with Crippen LogP contribution in [0.5, 0.6) is 5.75 Å². The van der Waals surface area contributed by atoms with Crippen molar-refractivity contribution in [2.75, 3.05) is 31.6 Å². The zero-order valence-electron chi connectivity index (χ0n) is 19.2. The Balaban J connectivity index is 1.86. The first-order chi connectivity index (χ1) is 15.4. The van der Waals surface area contributed by atoms with Crippen molar-refractivity contribution in [3.8, 4) is 5.75 Å². The van der Waals surface area contributed by atoms with Crippen LogP contribution in [0.3, 0.4) is 0 Å². The Labute approximate surface area is 202 Å². The fourth-order valence-corrected chi connectivity index (χ4v) is 5.90. The summed E-state index contributed by atoms with van der Waals surface area (Å²) in [6.07, 6.45) is 6.01. The van der Waals surface area contributed by atoms with Crippen LogP contribution in [0.4, 0.5) is 5.00 Å². The van der Waals surface area contributed by atoms with Crippen molar-refractivity contribution in [2.24, 2.45) is 0 Å². The molecule has 1 saturated carbocycles. The first-order valence-electron chi connectivity index (χ1n) is 11.5. The minimum atomic E-state index is -0.373. The SMILES string of the molecule is CCN(CC)CCCOc1c(Br)ccc2c(C(=O)OC3CCCCC3)c(NC(C)=O)sc12. The fraction of sp³-hybridized carbons (Fsp3) is 0.583. The summed E-state index contributed by atoms with van der Waals surface area (Å²) in [6.45, 7) is 9.35. The molecule has 1 aliphatic rings. The summed E-state index contributed by atoms with van der Waals surface area (Å²) in [5.41, 5.74) is 0.422. The average Bonchev–Trinajstić information content (AvgIpc) is 3.13. The number of ether oxygens (including phenoxy) is 2. The van der Waals surface area contributed by atoms with Crippen LogP contribution in [-0.2, 0) is 9.53 Å². The summed E-state index contributed by atoms with van der Waals surface area (Å²) in [6, 6.07) is 3.78. The number of thiophene rings is 1. The second-order valence-electron chi connectivity index (χ2n) is 8.13. The number of halogens is 1. The number of anilines is 1. The van der Waals surface area contributed by atoms with Crippen molar-refractivity contribution < 1.29 is 19.1 Å². The molecule has 6 nitrogen and oxygen atoms in total. The summed E-state index contributed by atoms with van der Waals surface area (Å²) in [5, 5.41) is 4.09. The minimum absolute atomic E-state index is 0.0531. The van der Waals surface area contributed by atoms with Crippen LogP contribution < -0.4 is 10.1 Å². The molecule has 1 aromatic carbocycles. The van der Waals surface area contributed by atoms with Gasteiger partial charge in [-0.3, -0.25) is 4.79 Å². The Morgan fingerprint density at radius 2 is 1.91 bits per heavy atom. The van der Waals surface area contributed by atoms with E-state index in [0.717, 1.165) is 66.3 Å². The highest BCUT2D eigenvalue weighted by molar-refractivity contribution is 9.10. The molecule has 1 N–H and O–H groups in total. The number of nitrogens with zero attached hydrogens (tertiary/aromatic N) is 1. The summed E-state index contributed by atoms with van der Waals surface area (Å²) in [7, 11) is 0. The van der Waals surface area contributed by atoms with Crippen molar-refractivity contribution in [1.29, 1.82) is 0 Å². The van der Waals surface area contributed by atoms with E-state index in [9.17, 15) is 9.59 Å². The molecule has 1 heterocycles. The molecule has 32 heavy (non-hydrogen) atoms. The van der Waals surface area contributed by atoms with Gasteiger partial charge in [-0.2, -0.15) is 0 Å². The van der Waals surface area contributed by atoms with E-state index < -0.39 is 0 Å². The minimum Gasteiger partial charge on any atom is -0.491 e. The number of fused-ring (bicyclic) bond motifs is 1. The molecule has 176 valence electrons. The third-order valence-corrected chi connectivity index (χ3v) is 7.59. The maximum atomic E-state index is 13.2. The van der Waals surface area contributed by atoms with Crippen LogP contribution in [-0.4, -0.2) is 49.1 Å². The van der Waals surface area contributed by atoms with Crippen LogP contribution in [0.1, 0.15) is 69.7 Å². The van der Waals surface area contributed by atoms with E-state index in [2.05, 4.69) is 40.0 Å². The second-order valence-corrected chi connectivity index (χ2v) is 10.0.